The number of hydrogen-bond acceptors (Lipinski definition) is 6. The fraction of sp³-hybridized carbons (Fsp3) is 0.391. The second-order valence-electron chi connectivity index (χ2n) is 7.54. The molecular weight excluding hydrogens is 380 g/mol. The Morgan fingerprint density at radius 2 is 1.63 bits per heavy atom. The van der Waals surface area contributed by atoms with Crippen molar-refractivity contribution in [2.75, 3.05) is 27.3 Å². The average molecular weight is 409 g/mol. The van der Waals surface area contributed by atoms with Crippen molar-refractivity contribution in [3.63, 3.8) is 0 Å². The Balaban J connectivity index is 1.42. The van der Waals surface area contributed by atoms with Crippen LogP contribution in [0.3, 0.4) is 0 Å². The summed E-state index contributed by atoms with van der Waals surface area (Å²) < 4.78 is 12.9. The van der Waals surface area contributed by atoms with Crippen LogP contribution in [0.15, 0.2) is 42.5 Å². The van der Waals surface area contributed by atoms with Crippen LogP contribution in [-0.2, 0) is 32.4 Å². The van der Waals surface area contributed by atoms with Gasteiger partial charge in [0.15, 0.2) is 11.5 Å². The summed E-state index contributed by atoms with van der Waals surface area (Å²) in [5, 5.41) is 19.0. The van der Waals surface area contributed by atoms with Crippen LogP contribution in [0, 0.1) is 0 Å². The maximum absolute atomic E-state index is 10.1. The van der Waals surface area contributed by atoms with Gasteiger partial charge >= 0.3 is 0 Å². The van der Waals surface area contributed by atoms with E-state index in [4.69, 9.17) is 9.47 Å². The highest BCUT2D eigenvalue weighted by Crippen LogP contribution is 2.37. The first-order valence-corrected chi connectivity index (χ1v) is 10.3. The molecule has 4 rings (SSSR count). The van der Waals surface area contributed by atoms with Gasteiger partial charge in [-0.05, 0) is 29.7 Å². The molecule has 0 spiro atoms. The predicted molar refractivity (Wildman–Crippen MR) is 114 cm³/mol. The number of hydrogen-bond donors (Lipinski definition) is 1. The minimum absolute atomic E-state index is 0.0360. The molecule has 0 radical (unpaired) electrons. The van der Waals surface area contributed by atoms with Gasteiger partial charge in [-0.25, -0.2) is 0 Å². The third-order valence-electron chi connectivity index (χ3n) is 5.62. The van der Waals surface area contributed by atoms with E-state index in [1.165, 1.54) is 5.56 Å². The van der Waals surface area contributed by atoms with Crippen molar-refractivity contribution in [2.24, 2.45) is 0 Å². The SMILES string of the molecule is COc1cc(CN2CCc3nnc(CCc4ccccc4)n3CC2)cc(OC)c1O. The van der Waals surface area contributed by atoms with E-state index in [1.54, 1.807) is 14.2 Å². The number of ether oxygens (including phenoxy) is 2. The van der Waals surface area contributed by atoms with Crippen molar-refractivity contribution in [1.82, 2.24) is 19.7 Å². The molecule has 0 atom stereocenters. The first kappa shape index (κ1) is 20.2. The van der Waals surface area contributed by atoms with Crippen LogP contribution >= 0.6 is 0 Å². The van der Waals surface area contributed by atoms with E-state index >= 15 is 0 Å². The van der Waals surface area contributed by atoms with Gasteiger partial charge in [0.1, 0.15) is 11.6 Å². The lowest BCUT2D eigenvalue weighted by atomic mass is 10.1. The van der Waals surface area contributed by atoms with Gasteiger partial charge in [0.2, 0.25) is 5.75 Å². The first-order valence-electron chi connectivity index (χ1n) is 10.3. The monoisotopic (exact) mass is 408 g/mol. The molecule has 2 heterocycles. The number of nitrogens with zero attached hydrogens (tertiary/aromatic N) is 4. The van der Waals surface area contributed by atoms with Crippen LogP contribution in [0.25, 0.3) is 0 Å². The van der Waals surface area contributed by atoms with Gasteiger partial charge in [-0.1, -0.05) is 30.3 Å². The second-order valence-corrected chi connectivity index (χ2v) is 7.54. The highest BCUT2D eigenvalue weighted by molar-refractivity contribution is 5.52. The molecule has 158 valence electrons. The van der Waals surface area contributed by atoms with Crippen LogP contribution in [0.4, 0.5) is 0 Å². The zero-order valence-electron chi connectivity index (χ0n) is 17.5. The van der Waals surface area contributed by atoms with Gasteiger partial charge in [0.05, 0.1) is 14.2 Å². The van der Waals surface area contributed by atoms with Gasteiger partial charge < -0.3 is 19.1 Å². The van der Waals surface area contributed by atoms with E-state index in [2.05, 4.69) is 43.9 Å². The highest BCUT2D eigenvalue weighted by atomic mass is 16.5. The lowest BCUT2D eigenvalue weighted by Crippen LogP contribution is -2.26. The van der Waals surface area contributed by atoms with Crippen LogP contribution in [-0.4, -0.2) is 52.1 Å². The number of aryl methyl sites for hydroxylation is 2. The van der Waals surface area contributed by atoms with Crippen LogP contribution in [0.1, 0.15) is 22.8 Å². The molecule has 0 amide bonds. The van der Waals surface area contributed by atoms with E-state index in [0.29, 0.717) is 11.5 Å². The number of aromatic nitrogens is 3. The minimum atomic E-state index is 0.0360. The van der Waals surface area contributed by atoms with E-state index in [0.717, 1.165) is 62.7 Å². The molecular formula is C23H28N4O3. The number of aromatic hydroxyl groups is 1. The maximum atomic E-state index is 10.1. The van der Waals surface area contributed by atoms with Crippen molar-refractivity contribution in [2.45, 2.75) is 32.4 Å². The summed E-state index contributed by atoms with van der Waals surface area (Å²) in [5.41, 5.74) is 2.36. The summed E-state index contributed by atoms with van der Waals surface area (Å²) in [6, 6.07) is 14.2. The number of methoxy groups -OCH3 is 2. The molecule has 0 aliphatic carbocycles. The third kappa shape index (κ3) is 4.41. The summed E-state index contributed by atoms with van der Waals surface area (Å²) >= 11 is 0. The van der Waals surface area contributed by atoms with E-state index in [-0.39, 0.29) is 5.75 Å². The lowest BCUT2D eigenvalue weighted by molar-refractivity contribution is 0.268. The van der Waals surface area contributed by atoms with Crippen molar-refractivity contribution in [3.05, 3.63) is 65.2 Å². The van der Waals surface area contributed by atoms with E-state index in [9.17, 15) is 5.11 Å². The fourth-order valence-corrected chi connectivity index (χ4v) is 3.97. The average Bonchev–Trinajstić information content (AvgIpc) is 3.06. The molecule has 30 heavy (non-hydrogen) atoms. The Labute approximate surface area is 176 Å². The number of rotatable bonds is 7. The van der Waals surface area contributed by atoms with Crippen molar-refractivity contribution in [1.29, 1.82) is 0 Å². The topological polar surface area (TPSA) is 72.6 Å². The molecule has 0 fully saturated rings. The van der Waals surface area contributed by atoms with Crippen LogP contribution < -0.4 is 9.47 Å². The lowest BCUT2D eigenvalue weighted by Gasteiger charge is -2.21. The number of benzene rings is 2. The van der Waals surface area contributed by atoms with Gasteiger partial charge in [-0.3, -0.25) is 4.90 Å². The molecule has 2 aromatic carbocycles. The van der Waals surface area contributed by atoms with Gasteiger partial charge in [0.25, 0.3) is 0 Å². The van der Waals surface area contributed by atoms with Crippen molar-refractivity contribution < 1.29 is 14.6 Å². The van der Waals surface area contributed by atoms with Crippen molar-refractivity contribution >= 4 is 0 Å². The summed E-state index contributed by atoms with van der Waals surface area (Å²) in [6.45, 7) is 3.45. The predicted octanol–water partition coefficient (Wildman–Crippen LogP) is 2.84. The molecule has 0 saturated heterocycles. The Hall–Kier alpha value is -3.06. The standard InChI is InChI=1S/C23H28N4O3/c1-29-19-14-18(15-20(30-2)23(19)28)16-26-11-10-22-25-24-21(27(22)13-12-26)9-8-17-6-4-3-5-7-17/h3-7,14-15,28H,8-13,16H2,1-2H3. The highest BCUT2D eigenvalue weighted by Gasteiger charge is 2.20. The Kier molecular flexibility index (Phi) is 6.18. The number of fused-ring (bicyclic) bond motifs is 1. The summed E-state index contributed by atoms with van der Waals surface area (Å²) in [6.07, 6.45) is 2.73. The molecule has 0 bridgehead atoms. The van der Waals surface area contributed by atoms with Gasteiger partial charge in [-0.15, -0.1) is 10.2 Å². The zero-order valence-corrected chi connectivity index (χ0v) is 17.5. The molecule has 0 saturated carbocycles. The number of phenols is 1. The molecule has 0 unspecified atom stereocenters. The normalized spacial score (nSPS) is 14.2. The van der Waals surface area contributed by atoms with Crippen LogP contribution in [0.2, 0.25) is 0 Å². The largest absolute Gasteiger partial charge is 0.502 e. The van der Waals surface area contributed by atoms with Gasteiger partial charge in [-0.2, -0.15) is 0 Å². The minimum Gasteiger partial charge on any atom is -0.502 e. The van der Waals surface area contributed by atoms with E-state index < -0.39 is 0 Å². The van der Waals surface area contributed by atoms with Crippen LogP contribution in [0.5, 0.6) is 17.2 Å². The zero-order chi connectivity index (χ0) is 20.9. The summed E-state index contributed by atoms with van der Waals surface area (Å²) in [5.74, 6) is 3.01. The molecule has 1 N–H and O–H groups in total. The molecule has 7 heteroatoms. The maximum Gasteiger partial charge on any atom is 0.200 e. The Bertz CT molecular complexity index is 962. The van der Waals surface area contributed by atoms with Gasteiger partial charge in [0, 0.05) is 39.0 Å². The molecule has 1 aliphatic rings. The third-order valence-corrected chi connectivity index (χ3v) is 5.62. The number of phenolic OH excluding ortho intramolecular Hbond substituents is 1. The molecule has 1 aliphatic heterocycles. The van der Waals surface area contributed by atoms with Crippen molar-refractivity contribution in [3.8, 4) is 17.2 Å². The Morgan fingerprint density at radius 3 is 2.33 bits per heavy atom. The fourth-order valence-electron chi connectivity index (χ4n) is 3.97. The molecule has 1 aromatic heterocycles. The van der Waals surface area contributed by atoms with E-state index in [1.807, 2.05) is 18.2 Å². The summed E-state index contributed by atoms with van der Waals surface area (Å²) in [4.78, 5) is 2.39. The second kappa shape index (κ2) is 9.17. The smallest absolute Gasteiger partial charge is 0.200 e. The molecule has 7 nitrogen and oxygen atoms in total. The quantitative estimate of drug-likeness (QED) is 0.648. The first-order chi connectivity index (χ1) is 14.7. The molecule has 3 aromatic rings. The Morgan fingerprint density at radius 1 is 0.900 bits per heavy atom. The summed E-state index contributed by atoms with van der Waals surface area (Å²) in [7, 11) is 3.10.